The molecule has 5 aromatic rings. The summed E-state index contributed by atoms with van der Waals surface area (Å²) in [5.74, 6) is 1.44. The average molecular weight is 570 g/mol. The molecule has 0 saturated carbocycles. The fraction of sp³-hybridized carbons (Fsp3) is 0.267. The molecule has 0 radical (unpaired) electrons. The summed E-state index contributed by atoms with van der Waals surface area (Å²) >= 11 is 1.74. The first kappa shape index (κ1) is 26.9. The zero-order valence-electron chi connectivity index (χ0n) is 22.9. The van der Waals surface area contributed by atoms with Crippen LogP contribution in [-0.2, 0) is 17.8 Å². The third-order valence-electron chi connectivity index (χ3n) is 7.23. The lowest BCUT2D eigenvalue weighted by atomic mass is 10.0. The van der Waals surface area contributed by atoms with Crippen LogP contribution in [0.3, 0.4) is 0 Å². The van der Waals surface area contributed by atoms with E-state index in [1.807, 2.05) is 55.0 Å². The molecule has 0 aliphatic carbocycles. The van der Waals surface area contributed by atoms with Gasteiger partial charge in [0.2, 0.25) is 0 Å². The third-order valence-corrected chi connectivity index (χ3v) is 8.35. The Bertz CT molecular complexity index is 1750. The van der Waals surface area contributed by atoms with Gasteiger partial charge in [-0.25, -0.2) is 19.7 Å². The highest BCUT2D eigenvalue weighted by atomic mass is 32.1. The molecule has 10 nitrogen and oxygen atoms in total. The van der Waals surface area contributed by atoms with Crippen molar-refractivity contribution < 1.29 is 14.6 Å². The first-order chi connectivity index (χ1) is 19.9. The Morgan fingerprint density at radius 3 is 2.98 bits per heavy atom. The fourth-order valence-electron chi connectivity index (χ4n) is 5.06. The molecule has 1 aliphatic rings. The third kappa shape index (κ3) is 6.07. The number of pyridine rings is 1. The van der Waals surface area contributed by atoms with Crippen LogP contribution in [0.15, 0.2) is 67.4 Å². The summed E-state index contributed by atoms with van der Waals surface area (Å²) in [7, 11) is 2.01. The Morgan fingerprint density at radius 1 is 1.22 bits per heavy atom. The molecule has 0 fully saturated rings. The number of aliphatic carboxylic acids is 1. The van der Waals surface area contributed by atoms with Crippen LogP contribution in [0, 0.1) is 6.92 Å². The van der Waals surface area contributed by atoms with Gasteiger partial charge in [0.05, 0.1) is 5.39 Å². The van der Waals surface area contributed by atoms with E-state index in [1.165, 1.54) is 16.5 Å². The number of anilines is 2. The summed E-state index contributed by atoms with van der Waals surface area (Å²) in [6, 6.07) is 9.90. The van der Waals surface area contributed by atoms with Crippen LogP contribution in [0.5, 0.6) is 11.5 Å². The Balaban J connectivity index is 1.14. The summed E-state index contributed by atoms with van der Waals surface area (Å²) in [4.78, 5) is 31.1. The molecule has 41 heavy (non-hydrogen) atoms. The summed E-state index contributed by atoms with van der Waals surface area (Å²) in [5.41, 5.74) is 4.12. The van der Waals surface area contributed by atoms with Gasteiger partial charge in [0.25, 0.3) is 0 Å². The van der Waals surface area contributed by atoms with E-state index in [2.05, 4.69) is 36.1 Å². The maximum absolute atomic E-state index is 10.7. The number of nitrogens with zero attached hydrogens (tertiary/aromatic N) is 6. The van der Waals surface area contributed by atoms with Crippen molar-refractivity contribution in [2.24, 2.45) is 0 Å². The molecule has 210 valence electrons. The van der Waals surface area contributed by atoms with Gasteiger partial charge in [0.15, 0.2) is 0 Å². The molecule has 0 saturated heterocycles. The molecule has 0 amide bonds. The molecule has 0 bridgehead atoms. The monoisotopic (exact) mass is 569 g/mol. The second-order valence-corrected chi connectivity index (χ2v) is 11.3. The molecular weight excluding hydrogens is 538 g/mol. The first-order valence-corrected chi connectivity index (χ1v) is 14.3. The Morgan fingerprint density at radius 2 is 2.12 bits per heavy atom. The number of hydrogen-bond acceptors (Lipinski definition) is 9. The molecule has 0 atom stereocenters. The van der Waals surface area contributed by atoms with Gasteiger partial charge in [-0.15, -0.1) is 11.3 Å². The van der Waals surface area contributed by atoms with Crippen LogP contribution in [0.2, 0.25) is 0 Å². The van der Waals surface area contributed by atoms with Crippen LogP contribution in [0.25, 0.3) is 15.9 Å². The van der Waals surface area contributed by atoms with Gasteiger partial charge in [0, 0.05) is 74.0 Å². The van der Waals surface area contributed by atoms with Crippen molar-refractivity contribution in [3.8, 4) is 11.5 Å². The normalized spacial score (nSPS) is 13.8. The number of likely N-dealkylation sites (N-methyl/N-ethyl adjacent to an activating group) is 1. The van der Waals surface area contributed by atoms with Gasteiger partial charge < -0.3 is 24.5 Å². The minimum absolute atomic E-state index is 0.618. The predicted molar refractivity (Wildman–Crippen MR) is 160 cm³/mol. The van der Waals surface area contributed by atoms with Gasteiger partial charge >= 0.3 is 5.97 Å². The maximum Gasteiger partial charge on any atom is 0.328 e. The van der Waals surface area contributed by atoms with Crippen molar-refractivity contribution >= 4 is 44.7 Å². The van der Waals surface area contributed by atoms with Crippen molar-refractivity contribution in [1.29, 1.82) is 0 Å². The summed E-state index contributed by atoms with van der Waals surface area (Å²) in [6.45, 7) is 6.28. The van der Waals surface area contributed by atoms with Gasteiger partial charge in [-0.2, -0.15) is 0 Å². The van der Waals surface area contributed by atoms with E-state index in [-0.39, 0.29) is 0 Å². The number of aryl methyl sites for hydroxylation is 1. The van der Waals surface area contributed by atoms with E-state index in [1.54, 1.807) is 29.9 Å². The lowest BCUT2D eigenvalue weighted by Gasteiger charge is -2.28. The van der Waals surface area contributed by atoms with Crippen molar-refractivity contribution in [3.05, 3.63) is 83.4 Å². The van der Waals surface area contributed by atoms with Crippen LogP contribution < -0.4 is 10.1 Å². The number of hydrogen-bond donors (Lipinski definition) is 2. The number of imidazole rings is 1. The molecule has 6 rings (SSSR count). The molecular formula is C30H31N7O3S. The second-order valence-electron chi connectivity index (χ2n) is 10.2. The number of fused-ring (bicyclic) bond motifs is 4. The fourth-order valence-corrected chi connectivity index (χ4v) is 6.29. The van der Waals surface area contributed by atoms with Crippen LogP contribution in [0.1, 0.15) is 16.0 Å². The van der Waals surface area contributed by atoms with Gasteiger partial charge in [0.1, 0.15) is 34.1 Å². The van der Waals surface area contributed by atoms with Gasteiger partial charge in [-0.1, -0.05) is 6.08 Å². The first-order valence-electron chi connectivity index (χ1n) is 13.5. The van der Waals surface area contributed by atoms with E-state index < -0.39 is 5.97 Å². The summed E-state index contributed by atoms with van der Waals surface area (Å²) in [6.07, 6.45) is 11.0. The standard InChI is InChI=1S/C30H31N7O3S/c1-20-16-21(5-6-24(20)40-22-7-12-37-13-9-31-26(37)17-22)34-29-28-23-8-11-36(15-14-35(2)10-3-4-27(38)39)18-25(23)41-30(28)33-19-32-29/h3-7,9,12-13,16-17,19H,8,10-11,14-15,18H2,1-2H3,(H,38,39)(H,32,33,34)/b4-3+. The minimum atomic E-state index is -0.912. The smallest absolute Gasteiger partial charge is 0.328 e. The number of ether oxygens (including phenoxy) is 1. The summed E-state index contributed by atoms with van der Waals surface area (Å²) < 4.78 is 8.10. The van der Waals surface area contributed by atoms with Crippen LogP contribution >= 0.6 is 11.3 Å². The lowest BCUT2D eigenvalue weighted by Crippen LogP contribution is -2.36. The Hall–Kier alpha value is -4.32. The molecule has 11 heteroatoms. The second kappa shape index (κ2) is 11.7. The number of thiophene rings is 1. The van der Waals surface area contributed by atoms with E-state index in [0.29, 0.717) is 6.54 Å². The largest absolute Gasteiger partial charge is 0.478 e. The van der Waals surface area contributed by atoms with E-state index in [9.17, 15) is 4.79 Å². The van der Waals surface area contributed by atoms with Crippen molar-refractivity contribution in [2.75, 3.05) is 38.5 Å². The average Bonchev–Trinajstić information content (AvgIpc) is 3.57. The number of rotatable bonds is 10. The zero-order valence-corrected chi connectivity index (χ0v) is 23.8. The number of aromatic nitrogens is 4. The van der Waals surface area contributed by atoms with Crippen LogP contribution in [-0.4, -0.2) is 73.5 Å². The highest BCUT2D eigenvalue weighted by molar-refractivity contribution is 7.19. The number of carboxylic acids is 1. The molecule has 5 heterocycles. The molecule has 1 aliphatic heterocycles. The maximum atomic E-state index is 10.7. The number of carboxylic acid groups (broad SMARTS) is 1. The topological polar surface area (TPSA) is 108 Å². The lowest BCUT2D eigenvalue weighted by molar-refractivity contribution is -0.131. The van der Waals surface area contributed by atoms with Crippen molar-refractivity contribution in [2.45, 2.75) is 19.9 Å². The molecule has 1 aromatic carbocycles. The highest BCUT2D eigenvalue weighted by Gasteiger charge is 2.24. The van der Waals surface area contributed by atoms with Gasteiger partial charge in [-0.3, -0.25) is 4.90 Å². The van der Waals surface area contributed by atoms with Gasteiger partial charge in [-0.05, 0) is 55.8 Å². The van der Waals surface area contributed by atoms with E-state index in [0.717, 1.165) is 77.0 Å². The molecule has 0 spiro atoms. The number of nitrogens with one attached hydrogen (secondary N) is 1. The predicted octanol–water partition coefficient (Wildman–Crippen LogP) is 5.11. The van der Waals surface area contributed by atoms with E-state index >= 15 is 0 Å². The molecule has 0 unspecified atom stereocenters. The Kier molecular flexibility index (Phi) is 7.64. The number of benzene rings is 1. The molecule has 4 aromatic heterocycles. The highest BCUT2D eigenvalue weighted by Crippen LogP contribution is 2.38. The minimum Gasteiger partial charge on any atom is -0.478 e. The van der Waals surface area contributed by atoms with Crippen LogP contribution in [0.4, 0.5) is 11.5 Å². The zero-order chi connectivity index (χ0) is 28.3. The SMILES string of the molecule is Cc1cc(Nc2ncnc3sc4c(c23)CCN(CCN(C)C/C=C/C(=O)O)C4)ccc1Oc1ccn2ccnc2c1. The number of carbonyl (C=O) groups is 1. The van der Waals surface area contributed by atoms with Crippen molar-refractivity contribution in [3.63, 3.8) is 0 Å². The Labute approximate surface area is 241 Å². The van der Waals surface area contributed by atoms with Crippen molar-refractivity contribution in [1.82, 2.24) is 29.2 Å². The molecule has 2 N–H and O–H groups in total. The van der Waals surface area contributed by atoms with E-state index in [4.69, 9.17) is 9.84 Å². The summed E-state index contributed by atoms with van der Waals surface area (Å²) in [5, 5.41) is 13.4. The quantitative estimate of drug-likeness (QED) is 0.222.